The van der Waals surface area contributed by atoms with Crippen LogP contribution in [0.2, 0.25) is 0 Å². The highest BCUT2D eigenvalue weighted by Gasteiger charge is 2.29. The first-order chi connectivity index (χ1) is 10.1. The molecule has 3 rings (SSSR count). The zero-order chi connectivity index (χ0) is 15.0. The van der Waals surface area contributed by atoms with Crippen molar-refractivity contribution in [3.63, 3.8) is 0 Å². The van der Waals surface area contributed by atoms with Crippen LogP contribution in [-0.2, 0) is 6.42 Å². The first-order valence-corrected chi connectivity index (χ1v) is 7.67. The van der Waals surface area contributed by atoms with Crippen molar-refractivity contribution in [2.75, 3.05) is 7.05 Å². The molecule has 2 aromatic carbocycles. The van der Waals surface area contributed by atoms with E-state index in [1.165, 1.54) is 23.3 Å². The van der Waals surface area contributed by atoms with Crippen molar-refractivity contribution in [2.24, 2.45) is 0 Å². The SMILES string of the molecule is CN(C(=O)c1ccc(Br)cc1F)[C@H]1CCc2ccccc21. The van der Waals surface area contributed by atoms with Gasteiger partial charge in [0.25, 0.3) is 5.91 Å². The van der Waals surface area contributed by atoms with Gasteiger partial charge in [0.05, 0.1) is 11.6 Å². The quantitative estimate of drug-likeness (QED) is 0.790. The predicted octanol–water partition coefficient (Wildman–Crippen LogP) is 4.35. The molecule has 0 aliphatic heterocycles. The average molecular weight is 348 g/mol. The highest BCUT2D eigenvalue weighted by Crippen LogP contribution is 2.35. The molecule has 1 atom stereocenters. The number of fused-ring (bicyclic) bond motifs is 1. The number of aryl methyl sites for hydroxylation is 1. The van der Waals surface area contributed by atoms with Crippen molar-refractivity contribution in [1.29, 1.82) is 0 Å². The summed E-state index contributed by atoms with van der Waals surface area (Å²) >= 11 is 3.21. The van der Waals surface area contributed by atoms with Gasteiger partial charge in [-0.2, -0.15) is 0 Å². The van der Waals surface area contributed by atoms with E-state index < -0.39 is 5.82 Å². The Morgan fingerprint density at radius 2 is 2.05 bits per heavy atom. The van der Waals surface area contributed by atoms with Crippen LogP contribution in [0.4, 0.5) is 4.39 Å². The normalized spacial score (nSPS) is 16.6. The monoisotopic (exact) mass is 347 g/mol. The van der Waals surface area contributed by atoms with E-state index in [4.69, 9.17) is 0 Å². The summed E-state index contributed by atoms with van der Waals surface area (Å²) < 4.78 is 14.6. The lowest BCUT2D eigenvalue weighted by Crippen LogP contribution is -2.30. The molecular weight excluding hydrogens is 333 g/mol. The third-order valence-corrected chi connectivity index (χ3v) is 4.54. The van der Waals surface area contributed by atoms with Gasteiger partial charge in [-0.3, -0.25) is 4.79 Å². The van der Waals surface area contributed by atoms with E-state index in [1.54, 1.807) is 18.0 Å². The molecule has 0 spiro atoms. The summed E-state index contributed by atoms with van der Waals surface area (Å²) in [5.74, 6) is -0.769. The molecule has 1 aliphatic rings. The lowest BCUT2D eigenvalue weighted by atomic mass is 10.1. The van der Waals surface area contributed by atoms with Crippen LogP contribution in [0.3, 0.4) is 0 Å². The molecule has 0 bridgehead atoms. The van der Waals surface area contributed by atoms with Gasteiger partial charge in [0.1, 0.15) is 5.82 Å². The van der Waals surface area contributed by atoms with Crippen molar-refractivity contribution >= 4 is 21.8 Å². The van der Waals surface area contributed by atoms with Crippen molar-refractivity contribution in [1.82, 2.24) is 4.90 Å². The third-order valence-electron chi connectivity index (χ3n) is 4.05. The molecule has 0 radical (unpaired) electrons. The largest absolute Gasteiger partial charge is 0.335 e. The summed E-state index contributed by atoms with van der Waals surface area (Å²) in [6.07, 6.45) is 1.85. The Hall–Kier alpha value is -1.68. The van der Waals surface area contributed by atoms with Gasteiger partial charge >= 0.3 is 0 Å². The van der Waals surface area contributed by atoms with E-state index in [1.807, 2.05) is 12.1 Å². The Balaban J connectivity index is 1.89. The van der Waals surface area contributed by atoms with Gasteiger partial charge in [0.2, 0.25) is 0 Å². The minimum atomic E-state index is -0.493. The topological polar surface area (TPSA) is 20.3 Å². The molecule has 0 saturated heterocycles. The second kappa shape index (κ2) is 5.60. The zero-order valence-electron chi connectivity index (χ0n) is 11.6. The number of rotatable bonds is 2. The number of halogens is 2. The van der Waals surface area contributed by atoms with Crippen molar-refractivity contribution in [3.8, 4) is 0 Å². The molecule has 21 heavy (non-hydrogen) atoms. The van der Waals surface area contributed by atoms with E-state index in [9.17, 15) is 9.18 Å². The average Bonchev–Trinajstić information content (AvgIpc) is 2.90. The molecular formula is C17H15BrFNO. The fraction of sp³-hybridized carbons (Fsp3) is 0.235. The number of carbonyl (C=O) groups excluding carboxylic acids is 1. The molecule has 1 amide bonds. The Morgan fingerprint density at radius 3 is 2.81 bits per heavy atom. The number of hydrogen-bond acceptors (Lipinski definition) is 1. The molecule has 2 aromatic rings. The van der Waals surface area contributed by atoms with Crippen LogP contribution in [0.1, 0.15) is 33.9 Å². The molecule has 4 heteroatoms. The number of hydrogen-bond donors (Lipinski definition) is 0. The molecule has 2 nitrogen and oxygen atoms in total. The van der Waals surface area contributed by atoms with Gasteiger partial charge in [0.15, 0.2) is 0 Å². The minimum absolute atomic E-state index is 0.0248. The lowest BCUT2D eigenvalue weighted by Gasteiger charge is -2.25. The lowest BCUT2D eigenvalue weighted by molar-refractivity contribution is 0.0726. The minimum Gasteiger partial charge on any atom is -0.335 e. The van der Waals surface area contributed by atoms with Gasteiger partial charge in [-0.1, -0.05) is 40.2 Å². The second-order valence-corrected chi connectivity index (χ2v) is 6.21. The highest BCUT2D eigenvalue weighted by molar-refractivity contribution is 9.10. The van der Waals surface area contributed by atoms with Crippen molar-refractivity contribution in [2.45, 2.75) is 18.9 Å². The summed E-state index contributed by atoms with van der Waals surface area (Å²) in [5, 5.41) is 0. The summed E-state index contributed by atoms with van der Waals surface area (Å²) in [5.41, 5.74) is 2.56. The highest BCUT2D eigenvalue weighted by atomic mass is 79.9. The summed E-state index contributed by atoms with van der Waals surface area (Å²) in [6.45, 7) is 0. The van der Waals surface area contributed by atoms with Crippen LogP contribution in [0.5, 0.6) is 0 Å². The predicted molar refractivity (Wildman–Crippen MR) is 83.7 cm³/mol. The Kier molecular flexibility index (Phi) is 3.81. The van der Waals surface area contributed by atoms with Crippen LogP contribution < -0.4 is 0 Å². The number of amides is 1. The smallest absolute Gasteiger partial charge is 0.257 e. The third kappa shape index (κ3) is 2.60. The number of benzene rings is 2. The van der Waals surface area contributed by atoms with E-state index in [0.29, 0.717) is 4.47 Å². The Labute approximate surface area is 131 Å². The van der Waals surface area contributed by atoms with E-state index >= 15 is 0 Å². The van der Waals surface area contributed by atoms with Crippen LogP contribution in [0.25, 0.3) is 0 Å². The second-order valence-electron chi connectivity index (χ2n) is 5.29. The van der Waals surface area contributed by atoms with E-state index in [-0.39, 0.29) is 17.5 Å². The molecule has 0 heterocycles. The molecule has 0 unspecified atom stereocenters. The van der Waals surface area contributed by atoms with Gasteiger partial charge in [0, 0.05) is 11.5 Å². The summed E-state index contributed by atoms with van der Waals surface area (Å²) in [7, 11) is 1.75. The number of nitrogens with zero attached hydrogens (tertiary/aromatic N) is 1. The van der Waals surface area contributed by atoms with E-state index in [0.717, 1.165) is 12.8 Å². The molecule has 0 N–H and O–H groups in total. The van der Waals surface area contributed by atoms with Gasteiger partial charge in [-0.05, 0) is 42.2 Å². The standard InChI is InChI=1S/C17H15BrFNO/c1-20(16-9-6-11-4-2-3-5-13(11)16)17(21)14-8-7-12(18)10-15(14)19/h2-5,7-8,10,16H,6,9H2,1H3/t16-/m0/s1. The van der Waals surface area contributed by atoms with Gasteiger partial charge in [-0.25, -0.2) is 4.39 Å². The Bertz CT molecular complexity index is 701. The number of carbonyl (C=O) groups is 1. The molecule has 1 aliphatic carbocycles. The molecule has 0 saturated carbocycles. The van der Waals surface area contributed by atoms with Gasteiger partial charge in [-0.15, -0.1) is 0 Å². The van der Waals surface area contributed by atoms with Crippen LogP contribution >= 0.6 is 15.9 Å². The fourth-order valence-corrected chi connectivity index (χ4v) is 3.26. The maximum absolute atomic E-state index is 14.0. The van der Waals surface area contributed by atoms with Crippen molar-refractivity contribution in [3.05, 3.63) is 69.4 Å². The Morgan fingerprint density at radius 1 is 1.29 bits per heavy atom. The van der Waals surface area contributed by atoms with Gasteiger partial charge < -0.3 is 4.90 Å². The fourth-order valence-electron chi connectivity index (χ4n) is 2.93. The first-order valence-electron chi connectivity index (χ1n) is 6.88. The van der Waals surface area contributed by atoms with Crippen LogP contribution in [-0.4, -0.2) is 17.9 Å². The van der Waals surface area contributed by atoms with E-state index in [2.05, 4.69) is 28.1 Å². The zero-order valence-corrected chi connectivity index (χ0v) is 13.2. The molecule has 0 aromatic heterocycles. The first kappa shape index (κ1) is 14.3. The van der Waals surface area contributed by atoms with Crippen molar-refractivity contribution < 1.29 is 9.18 Å². The van der Waals surface area contributed by atoms with Crippen LogP contribution in [0.15, 0.2) is 46.9 Å². The maximum atomic E-state index is 14.0. The summed E-state index contributed by atoms with van der Waals surface area (Å²) in [4.78, 5) is 14.2. The molecule has 108 valence electrons. The maximum Gasteiger partial charge on any atom is 0.257 e. The summed E-state index contributed by atoms with van der Waals surface area (Å²) in [6, 6.07) is 12.7. The van der Waals surface area contributed by atoms with Crippen LogP contribution in [0, 0.1) is 5.82 Å². The molecule has 0 fully saturated rings.